The first kappa shape index (κ1) is 6.47. The maximum atomic E-state index is 2.86. The topological polar surface area (TPSA) is 3.24 Å². The Morgan fingerprint density at radius 2 is 1.09 bits per heavy atom. The average molecular weight is 151 g/mol. The van der Waals surface area contributed by atoms with Crippen LogP contribution >= 0.6 is 0 Å². The Balaban J connectivity index is 1.76. The first-order chi connectivity index (χ1) is 5.45. The lowest BCUT2D eigenvalue weighted by atomic mass is 9.91. The van der Waals surface area contributed by atoms with E-state index in [0.717, 1.165) is 18.1 Å². The zero-order chi connectivity index (χ0) is 7.26. The average Bonchev–Trinajstić information content (AvgIpc) is 2.46. The molecule has 2 aliphatic heterocycles. The molecule has 2 bridgehead atoms. The van der Waals surface area contributed by atoms with E-state index in [4.69, 9.17) is 0 Å². The third-order valence-corrected chi connectivity index (χ3v) is 4.01. The lowest BCUT2D eigenvalue weighted by Crippen LogP contribution is -2.43. The Morgan fingerprint density at radius 1 is 0.636 bits per heavy atom. The van der Waals surface area contributed by atoms with Crippen molar-refractivity contribution >= 4 is 0 Å². The summed E-state index contributed by atoms with van der Waals surface area (Å²) in [7, 11) is 0. The minimum atomic E-state index is 1.02. The molecule has 0 N–H and O–H groups in total. The van der Waals surface area contributed by atoms with Gasteiger partial charge in [-0.25, -0.2) is 0 Å². The zero-order valence-corrected chi connectivity index (χ0v) is 7.13. The van der Waals surface area contributed by atoms with Gasteiger partial charge in [-0.05, 0) is 38.5 Å². The van der Waals surface area contributed by atoms with Gasteiger partial charge >= 0.3 is 0 Å². The summed E-state index contributed by atoms with van der Waals surface area (Å²) in [4.78, 5) is 2.86. The van der Waals surface area contributed by atoms with Crippen LogP contribution in [-0.2, 0) is 0 Å². The molecule has 1 nitrogen and oxygen atoms in total. The Labute approximate surface area is 68.8 Å². The molecule has 3 fully saturated rings. The third kappa shape index (κ3) is 0.807. The number of fused-ring (bicyclic) bond motifs is 2. The molecular weight excluding hydrogens is 134 g/mol. The van der Waals surface area contributed by atoms with E-state index < -0.39 is 0 Å². The molecule has 0 radical (unpaired) electrons. The van der Waals surface area contributed by atoms with Gasteiger partial charge in [0.1, 0.15) is 0 Å². The van der Waals surface area contributed by atoms with Crippen LogP contribution < -0.4 is 0 Å². The van der Waals surface area contributed by atoms with Gasteiger partial charge in [0.15, 0.2) is 0 Å². The van der Waals surface area contributed by atoms with E-state index in [1.54, 1.807) is 0 Å². The van der Waals surface area contributed by atoms with Crippen LogP contribution in [0.1, 0.15) is 44.9 Å². The van der Waals surface area contributed by atoms with Crippen LogP contribution in [0.2, 0.25) is 0 Å². The Hall–Kier alpha value is -0.0400. The Morgan fingerprint density at radius 3 is 1.45 bits per heavy atom. The zero-order valence-electron chi connectivity index (χ0n) is 7.13. The largest absolute Gasteiger partial charge is 0.294 e. The predicted octanol–water partition coefficient (Wildman–Crippen LogP) is 2.17. The van der Waals surface area contributed by atoms with Gasteiger partial charge in [-0.3, -0.25) is 4.90 Å². The first-order valence-electron chi connectivity index (χ1n) is 5.22. The summed E-state index contributed by atoms with van der Waals surface area (Å²) in [6.45, 7) is 0. The lowest BCUT2D eigenvalue weighted by Gasteiger charge is -2.38. The Bertz CT molecular complexity index is 142. The number of rotatable bonds is 1. The van der Waals surface area contributed by atoms with E-state index in [0.29, 0.717) is 0 Å². The summed E-state index contributed by atoms with van der Waals surface area (Å²) in [5.41, 5.74) is 0. The molecule has 0 aromatic rings. The van der Waals surface area contributed by atoms with E-state index in [-0.39, 0.29) is 0 Å². The van der Waals surface area contributed by atoms with Crippen LogP contribution in [0, 0.1) is 0 Å². The fraction of sp³-hybridized carbons (Fsp3) is 1.00. The first-order valence-corrected chi connectivity index (χ1v) is 5.22. The molecule has 0 aromatic carbocycles. The fourth-order valence-electron chi connectivity index (χ4n) is 3.23. The highest BCUT2D eigenvalue weighted by atomic mass is 15.3. The van der Waals surface area contributed by atoms with Crippen molar-refractivity contribution in [2.24, 2.45) is 0 Å². The molecule has 3 aliphatic rings. The summed E-state index contributed by atoms with van der Waals surface area (Å²) < 4.78 is 0. The normalized spacial score (nSPS) is 44.7. The smallest absolute Gasteiger partial charge is 0.0102 e. The molecule has 0 atom stereocenters. The maximum Gasteiger partial charge on any atom is 0.0102 e. The minimum Gasteiger partial charge on any atom is -0.294 e. The van der Waals surface area contributed by atoms with Crippen molar-refractivity contribution in [2.45, 2.75) is 63.1 Å². The van der Waals surface area contributed by atoms with Crippen LogP contribution in [-0.4, -0.2) is 23.0 Å². The van der Waals surface area contributed by atoms with Crippen molar-refractivity contribution < 1.29 is 0 Å². The molecule has 0 unspecified atom stereocenters. The monoisotopic (exact) mass is 151 g/mol. The molecule has 0 amide bonds. The maximum absolute atomic E-state index is 2.86. The van der Waals surface area contributed by atoms with Gasteiger partial charge in [0.05, 0.1) is 0 Å². The minimum absolute atomic E-state index is 1.02. The van der Waals surface area contributed by atoms with Crippen LogP contribution in [0.4, 0.5) is 0 Å². The summed E-state index contributed by atoms with van der Waals surface area (Å²) in [5, 5.41) is 0. The van der Waals surface area contributed by atoms with Crippen LogP contribution in [0.3, 0.4) is 0 Å². The summed E-state index contributed by atoms with van der Waals surface area (Å²) >= 11 is 0. The highest BCUT2D eigenvalue weighted by Crippen LogP contribution is 2.43. The van der Waals surface area contributed by atoms with Crippen molar-refractivity contribution in [3.05, 3.63) is 0 Å². The molecule has 2 saturated heterocycles. The van der Waals surface area contributed by atoms with E-state index in [2.05, 4.69) is 4.90 Å². The van der Waals surface area contributed by atoms with Gasteiger partial charge in [0, 0.05) is 18.1 Å². The molecule has 0 aromatic heterocycles. The van der Waals surface area contributed by atoms with Gasteiger partial charge in [-0.1, -0.05) is 6.42 Å². The van der Waals surface area contributed by atoms with Crippen molar-refractivity contribution in [1.82, 2.24) is 4.90 Å². The van der Waals surface area contributed by atoms with Gasteiger partial charge in [0.25, 0.3) is 0 Å². The van der Waals surface area contributed by atoms with Crippen molar-refractivity contribution in [3.63, 3.8) is 0 Å². The van der Waals surface area contributed by atoms with Gasteiger partial charge in [-0.2, -0.15) is 0 Å². The third-order valence-electron chi connectivity index (χ3n) is 4.01. The lowest BCUT2D eigenvalue weighted by molar-refractivity contribution is 0.110. The molecule has 0 spiro atoms. The molecule has 1 saturated carbocycles. The van der Waals surface area contributed by atoms with E-state index in [1.165, 1.54) is 44.9 Å². The van der Waals surface area contributed by atoms with Crippen LogP contribution in [0.15, 0.2) is 0 Å². The Kier molecular flexibility index (Phi) is 1.31. The fourth-order valence-corrected chi connectivity index (χ4v) is 3.23. The molecule has 1 heteroatoms. The highest BCUT2D eigenvalue weighted by molar-refractivity contribution is 4.99. The van der Waals surface area contributed by atoms with Crippen molar-refractivity contribution in [1.29, 1.82) is 0 Å². The second-order valence-electron chi connectivity index (χ2n) is 4.49. The molecule has 1 aliphatic carbocycles. The molecule has 11 heavy (non-hydrogen) atoms. The second kappa shape index (κ2) is 2.22. The van der Waals surface area contributed by atoms with Crippen LogP contribution in [0.5, 0.6) is 0 Å². The number of hydrogen-bond donors (Lipinski definition) is 0. The van der Waals surface area contributed by atoms with E-state index in [1.807, 2.05) is 0 Å². The standard InChI is InChI=1S/C10H17N/c1-2-8(3-1)11-9-4-5-10(11)7-6-9/h8-10H,1-7H2. The van der Waals surface area contributed by atoms with Crippen LogP contribution in [0.25, 0.3) is 0 Å². The summed E-state index contributed by atoms with van der Waals surface area (Å²) in [6, 6.07) is 3.06. The second-order valence-corrected chi connectivity index (χ2v) is 4.49. The number of hydrogen-bond acceptors (Lipinski definition) is 1. The van der Waals surface area contributed by atoms with Gasteiger partial charge < -0.3 is 0 Å². The van der Waals surface area contributed by atoms with E-state index >= 15 is 0 Å². The molecule has 62 valence electrons. The SMILES string of the molecule is C1CC(N2C3CCC2CC3)C1. The van der Waals surface area contributed by atoms with Gasteiger partial charge in [-0.15, -0.1) is 0 Å². The van der Waals surface area contributed by atoms with Gasteiger partial charge in [0.2, 0.25) is 0 Å². The summed E-state index contributed by atoms with van der Waals surface area (Å²) in [6.07, 6.45) is 10.6. The highest BCUT2D eigenvalue weighted by Gasteiger charge is 2.44. The quantitative estimate of drug-likeness (QED) is 0.555. The molecular formula is C10H17N. The molecule has 3 rings (SSSR count). The number of nitrogens with zero attached hydrogens (tertiary/aromatic N) is 1. The predicted molar refractivity (Wildman–Crippen MR) is 45.5 cm³/mol. The summed E-state index contributed by atoms with van der Waals surface area (Å²) in [5.74, 6) is 0. The van der Waals surface area contributed by atoms with Crippen molar-refractivity contribution in [3.8, 4) is 0 Å². The van der Waals surface area contributed by atoms with E-state index in [9.17, 15) is 0 Å². The van der Waals surface area contributed by atoms with Crippen molar-refractivity contribution in [2.75, 3.05) is 0 Å². The molecule has 2 heterocycles.